The van der Waals surface area contributed by atoms with Crippen molar-refractivity contribution in [3.8, 4) is 0 Å². The van der Waals surface area contributed by atoms with Crippen LogP contribution in [0, 0.1) is 13.8 Å². The van der Waals surface area contributed by atoms with Crippen LogP contribution in [0.2, 0.25) is 0 Å². The lowest BCUT2D eigenvalue weighted by Gasteiger charge is -2.17. The van der Waals surface area contributed by atoms with E-state index in [1.54, 1.807) is 7.11 Å². The van der Waals surface area contributed by atoms with Crippen LogP contribution < -0.4 is 10.6 Å². The van der Waals surface area contributed by atoms with Gasteiger partial charge >= 0.3 is 0 Å². The number of anilines is 1. The topological polar surface area (TPSA) is 50.4 Å². The van der Waals surface area contributed by atoms with E-state index in [1.165, 1.54) is 5.56 Å². The Morgan fingerprint density at radius 1 is 1.37 bits per heavy atom. The molecular weight excluding hydrogens is 240 g/mol. The Morgan fingerprint density at radius 2 is 2.11 bits per heavy atom. The fourth-order valence-corrected chi connectivity index (χ4v) is 1.86. The number of nitrogens with one attached hydrogen (secondary N) is 2. The highest BCUT2D eigenvalue weighted by atomic mass is 16.5. The molecular formula is C15H24N2O2. The molecule has 4 heteroatoms. The van der Waals surface area contributed by atoms with E-state index in [1.807, 2.05) is 26.0 Å². The molecule has 0 spiro atoms. The van der Waals surface area contributed by atoms with Crippen molar-refractivity contribution in [1.29, 1.82) is 0 Å². The van der Waals surface area contributed by atoms with E-state index in [0.29, 0.717) is 13.2 Å². The molecule has 0 aliphatic heterocycles. The highest BCUT2D eigenvalue weighted by Gasteiger charge is 2.12. The molecule has 1 atom stereocenters. The van der Waals surface area contributed by atoms with Crippen molar-refractivity contribution in [2.75, 3.05) is 25.6 Å². The summed E-state index contributed by atoms with van der Waals surface area (Å²) < 4.78 is 4.94. The summed E-state index contributed by atoms with van der Waals surface area (Å²) in [4.78, 5) is 11.9. The normalized spacial score (nSPS) is 12.0. The van der Waals surface area contributed by atoms with Gasteiger partial charge in [-0.25, -0.2) is 0 Å². The van der Waals surface area contributed by atoms with Gasteiger partial charge in [-0.15, -0.1) is 0 Å². The van der Waals surface area contributed by atoms with E-state index in [4.69, 9.17) is 4.74 Å². The molecule has 0 heterocycles. The van der Waals surface area contributed by atoms with Crippen molar-refractivity contribution in [2.45, 2.75) is 33.2 Å². The van der Waals surface area contributed by atoms with Crippen LogP contribution in [0.15, 0.2) is 18.2 Å². The van der Waals surface area contributed by atoms with Crippen LogP contribution in [-0.4, -0.2) is 32.2 Å². The zero-order valence-corrected chi connectivity index (χ0v) is 12.2. The molecule has 0 bridgehead atoms. The standard InChI is InChI=1S/C15H24N2O2/c1-11-6-7-14(12(2)10-11)17-13(3)15(18)16-8-5-9-19-4/h6-7,10,13,17H,5,8-9H2,1-4H3,(H,16,18). The van der Waals surface area contributed by atoms with E-state index in [-0.39, 0.29) is 11.9 Å². The quantitative estimate of drug-likeness (QED) is 0.743. The van der Waals surface area contributed by atoms with E-state index in [0.717, 1.165) is 17.7 Å². The molecule has 1 aromatic rings. The van der Waals surface area contributed by atoms with Crippen LogP contribution in [0.25, 0.3) is 0 Å². The van der Waals surface area contributed by atoms with Gasteiger partial charge in [0.1, 0.15) is 6.04 Å². The van der Waals surface area contributed by atoms with Gasteiger partial charge < -0.3 is 15.4 Å². The Bertz CT molecular complexity index is 419. The SMILES string of the molecule is COCCCNC(=O)C(C)Nc1ccc(C)cc1C. The molecule has 0 aliphatic rings. The van der Waals surface area contributed by atoms with Gasteiger partial charge in [0.2, 0.25) is 5.91 Å². The smallest absolute Gasteiger partial charge is 0.242 e. The molecule has 1 aromatic carbocycles. The number of rotatable bonds is 7. The zero-order valence-electron chi connectivity index (χ0n) is 12.2. The minimum atomic E-state index is -0.246. The molecule has 1 unspecified atom stereocenters. The van der Waals surface area contributed by atoms with E-state index in [2.05, 4.69) is 23.6 Å². The average Bonchev–Trinajstić information content (AvgIpc) is 2.37. The van der Waals surface area contributed by atoms with Crippen LogP contribution in [0.4, 0.5) is 5.69 Å². The Morgan fingerprint density at radius 3 is 2.74 bits per heavy atom. The molecule has 0 saturated heterocycles. The van der Waals surface area contributed by atoms with Gasteiger partial charge in [-0.1, -0.05) is 17.7 Å². The molecule has 19 heavy (non-hydrogen) atoms. The van der Waals surface area contributed by atoms with E-state index < -0.39 is 0 Å². The first-order valence-corrected chi connectivity index (χ1v) is 6.65. The minimum Gasteiger partial charge on any atom is -0.385 e. The summed E-state index contributed by atoms with van der Waals surface area (Å²) >= 11 is 0. The lowest BCUT2D eigenvalue weighted by atomic mass is 10.1. The predicted molar refractivity (Wildman–Crippen MR) is 78.5 cm³/mol. The number of benzene rings is 1. The summed E-state index contributed by atoms with van der Waals surface area (Å²) in [6.45, 7) is 7.27. The highest BCUT2D eigenvalue weighted by Crippen LogP contribution is 2.16. The Hall–Kier alpha value is -1.55. The maximum atomic E-state index is 11.9. The number of carbonyl (C=O) groups excluding carboxylic acids is 1. The first kappa shape index (κ1) is 15.5. The number of hydrogen-bond donors (Lipinski definition) is 2. The van der Waals surface area contributed by atoms with Crippen molar-refractivity contribution in [3.63, 3.8) is 0 Å². The maximum absolute atomic E-state index is 11.9. The van der Waals surface area contributed by atoms with Crippen LogP contribution in [-0.2, 0) is 9.53 Å². The minimum absolute atomic E-state index is 0.0103. The Labute approximate surface area is 115 Å². The molecule has 0 fully saturated rings. The number of methoxy groups -OCH3 is 1. The molecule has 0 aromatic heterocycles. The maximum Gasteiger partial charge on any atom is 0.242 e. The summed E-state index contributed by atoms with van der Waals surface area (Å²) in [5.41, 5.74) is 3.38. The summed E-state index contributed by atoms with van der Waals surface area (Å²) in [7, 11) is 1.66. The second-order valence-corrected chi connectivity index (χ2v) is 4.82. The molecule has 0 aliphatic carbocycles. The summed E-state index contributed by atoms with van der Waals surface area (Å²) in [5, 5.41) is 6.12. The summed E-state index contributed by atoms with van der Waals surface area (Å²) in [5.74, 6) is 0.0103. The molecule has 1 amide bonds. The molecule has 1 rings (SSSR count). The van der Waals surface area contributed by atoms with Gasteiger partial charge in [0.25, 0.3) is 0 Å². The van der Waals surface area contributed by atoms with Crippen molar-refractivity contribution in [3.05, 3.63) is 29.3 Å². The second-order valence-electron chi connectivity index (χ2n) is 4.82. The van der Waals surface area contributed by atoms with Crippen LogP contribution in [0.3, 0.4) is 0 Å². The van der Waals surface area contributed by atoms with Gasteiger partial charge in [0.15, 0.2) is 0 Å². The third kappa shape index (κ3) is 5.30. The van der Waals surface area contributed by atoms with E-state index in [9.17, 15) is 4.79 Å². The van der Waals surface area contributed by atoms with Crippen LogP contribution in [0.1, 0.15) is 24.5 Å². The predicted octanol–water partition coefficient (Wildman–Crippen LogP) is 2.26. The third-order valence-electron chi connectivity index (χ3n) is 2.97. The lowest BCUT2D eigenvalue weighted by molar-refractivity contribution is -0.121. The second kappa shape index (κ2) is 7.79. The van der Waals surface area contributed by atoms with Gasteiger partial charge in [-0.3, -0.25) is 4.79 Å². The lowest BCUT2D eigenvalue weighted by Crippen LogP contribution is -2.38. The van der Waals surface area contributed by atoms with Crippen molar-refractivity contribution < 1.29 is 9.53 Å². The van der Waals surface area contributed by atoms with Crippen LogP contribution >= 0.6 is 0 Å². The van der Waals surface area contributed by atoms with Gasteiger partial charge in [-0.05, 0) is 38.8 Å². The first-order chi connectivity index (χ1) is 9.04. The number of carbonyl (C=O) groups is 1. The zero-order chi connectivity index (χ0) is 14.3. The van der Waals surface area contributed by atoms with E-state index >= 15 is 0 Å². The van der Waals surface area contributed by atoms with Crippen LogP contribution in [0.5, 0.6) is 0 Å². The molecule has 0 saturated carbocycles. The summed E-state index contributed by atoms with van der Waals surface area (Å²) in [6.07, 6.45) is 0.832. The molecule has 106 valence electrons. The van der Waals surface area contributed by atoms with Crippen molar-refractivity contribution >= 4 is 11.6 Å². The van der Waals surface area contributed by atoms with Gasteiger partial charge in [0.05, 0.1) is 0 Å². The van der Waals surface area contributed by atoms with Gasteiger partial charge in [-0.2, -0.15) is 0 Å². The molecule has 2 N–H and O–H groups in total. The number of aryl methyl sites for hydroxylation is 2. The van der Waals surface area contributed by atoms with Crippen molar-refractivity contribution in [1.82, 2.24) is 5.32 Å². The number of hydrogen-bond acceptors (Lipinski definition) is 3. The largest absolute Gasteiger partial charge is 0.385 e. The fraction of sp³-hybridized carbons (Fsp3) is 0.533. The average molecular weight is 264 g/mol. The Balaban J connectivity index is 2.45. The first-order valence-electron chi connectivity index (χ1n) is 6.65. The molecule has 4 nitrogen and oxygen atoms in total. The number of ether oxygens (including phenoxy) is 1. The number of amides is 1. The highest BCUT2D eigenvalue weighted by molar-refractivity contribution is 5.84. The summed E-state index contributed by atoms with van der Waals surface area (Å²) in [6, 6.07) is 5.91. The van der Waals surface area contributed by atoms with Gasteiger partial charge in [0, 0.05) is 25.9 Å². The Kier molecular flexibility index (Phi) is 6.36. The molecule has 0 radical (unpaired) electrons. The van der Waals surface area contributed by atoms with Crippen molar-refractivity contribution in [2.24, 2.45) is 0 Å². The fourth-order valence-electron chi connectivity index (χ4n) is 1.86. The monoisotopic (exact) mass is 264 g/mol. The third-order valence-corrected chi connectivity index (χ3v) is 2.97.